The van der Waals surface area contributed by atoms with Crippen molar-refractivity contribution in [3.63, 3.8) is 0 Å². The molecule has 0 aliphatic carbocycles. The largest absolute Gasteiger partial charge is 0.344 e. The summed E-state index contributed by atoms with van der Waals surface area (Å²) in [5.41, 5.74) is 6.83. The number of carbonyl (C=O) groups is 1. The number of carbonyl (C=O) groups excluding carboxylic acids is 1. The molecule has 4 rings (SSSR count). The number of hydrogen-bond acceptors (Lipinski definition) is 4. The molecule has 1 amide bonds. The van der Waals surface area contributed by atoms with E-state index < -0.39 is 5.54 Å². The van der Waals surface area contributed by atoms with Crippen LogP contribution >= 0.6 is 15.9 Å². The van der Waals surface area contributed by atoms with Crippen LogP contribution < -0.4 is 11.1 Å². The summed E-state index contributed by atoms with van der Waals surface area (Å²) < 4.78 is 2.79. The van der Waals surface area contributed by atoms with E-state index in [0.29, 0.717) is 17.9 Å². The van der Waals surface area contributed by atoms with Crippen LogP contribution in [0.25, 0.3) is 16.4 Å². The van der Waals surface area contributed by atoms with Crippen LogP contribution in [0.4, 0.5) is 0 Å². The van der Waals surface area contributed by atoms with Gasteiger partial charge in [-0.15, -0.1) is 10.2 Å². The van der Waals surface area contributed by atoms with Crippen LogP contribution in [0.1, 0.15) is 38.7 Å². The number of nitrogens with zero attached hydrogens (tertiary/aromatic N) is 3. The molecule has 156 valence electrons. The fraction of sp³-hybridized carbons (Fsp3) is 0.261. The van der Waals surface area contributed by atoms with Crippen molar-refractivity contribution in [1.29, 1.82) is 0 Å². The Morgan fingerprint density at radius 3 is 2.60 bits per heavy atom. The highest BCUT2D eigenvalue weighted by Gasteiger charge is 2.28. The molecule has 30 heavy (non-hydrogen) atoms. The molecule has 0 saturated carbocycles. The van der Waals surface area contributed by atoms with Crippen molar-refractivity contribution >= 4 is 38.3 Å². The Morgan fingerprint density at radius 1 is 1.13 bits per heavy atom. The Hall–Kier alpha value is -2.77. The Bertz CT molecular complexity index is 1200. The number of pyridine rings is 1. The number of aromatic nitrogens is 3. The van der Waals surface area contributed by atoms with Gasteiger partial charge in [-0.05, 0) is 64.7 Å². The number of hydrogen-bond donors (Lipinski definition) is 2. The first-order chi connectivity index (χ1) is 13.8. The molecule has 2 aromatic heterocycles. The molecule has 2 heterocycles. The Balaban J connectivity index is 0.00000256. The summed E-state index contributed by atoms with van der Waals surface area (Å²) >= 11 is 3.49. The van der Waals surface area contributed by atoms with Gasteiger partial charge in [0.15, 0.2) is 11.5 Å². The Labute approximate surface area is 184 Å². The zero-order chi connectivity index (χ0) is 20.6. The first-order valence-electron chi connectivity index (χ1n) is 9.39. The highest BCUT2D eigenvalue weighted by atomic mass is 79.9. The van der Waals surface area contributed by atoms with Crippen molar-refractivity contribution < 1.29 is 4.79 Å². The summed E-state index contributed by atoms with van der Waals surface area (Å²) in [6.45, 7) is 3.38. The fourth-order valence-corrected chi connectivity index (χ4v) is 3.61. The second-order valence-electron chi connectivity index (χ2n) is 7.77. The number of amides is 1. The SMILES string of the molecule is C.CC(C)(N)C(=O)N[C@H](Cc1ccc2ccccc2c1)c1nnc2ccc(Br)cn12. The van der Waals surface area contributed by atoms with E-state index >= 15 is 0 Å². The average molecular weight is 468 g/mol. The third-order valence-corrected chi connectivity index (χ3v) is 5.32. The van der Waals surface area contributed by atoms with Gasteiger partial charge in [-0.3, -0.25) is 9.20 Å². The molecule has 0 bridgehead atoms. The zero-order valence-electron chi connectivity index (χ0n) is 16.3. The third kappa shape index (κ3) is 4.52. The van der Waals surface area contributed by atoms with E-state index in [-0.39, 0.29) is 19.4 Å². The molecule has 3 N–H and O–H groups in total. The molecule has 0 spiro atoms. The van der Waals surface area contributed by atoms with Crippen LogP contribution in [0.15, 0.2) is 65.3 Å². The third-order valence-electron chi connectivity index (χ3n) is 4.85. The van der Waals surface area contributed by atoms with Crippen molar-refractivity contribution in [2.75, 3.05) is 0 Å². The molecule has 0 aliphatic heterocycles. The molecule has 0 fully saturated rings. The highest BCUT2D eigenvalue weighted by Crippen LogP contribution is 2.23. The summed E-state index contributed by atoms with van der Waals surface area (Å²) in [7, 11) is 0. The molecule has 7 heteroatoms. The number of halogens is 1. The van der Waals surface area contributed by atoms with Crippen LogP contribution in [-0.2, 0) is 11.2 Å². The van der Waals surface area contributed by atoms with E-state index in [0.717, 1.165) is 15.4 Å². The summed E-state index contributed by atoms with van der Waals surface area (Å²) in [6, 6.07) is 17.9. The Kier molecular flexibility index (Phi) is 6.24. The Morgan fingerprint density at radius 2 is 1.87 bits per heavy atom. The molecule has 6 nitrogen and oxygen atoms in total. The zero-order valence-corrected chi connectivity index (χ0v) is 17.8. The van der Waals surface area contributed by atoms with E-state index in [1.165, 1.54) is 5.39 Å². The molecule has 4 aromatic rings. The van der Waals surface area contributed by atoms with E-state index in [1.807, 2.05) is 34.9 Å². The molecule has 0 saturated heterocycles. The molecular formula is C23H26BrN5O. The van der Waals surface area contributed by atoms with Gasteiger partial charge in [-0.2, -0.15) is 0 Å². The number of benzene rings is 2. The lowest BCUT2D eigenvalue weighted by atomic mass is 9.99. The first kappa shape index (κ1) is 21.9. The van der Waals surface area contributed by atoms with Crippen LogP contribution in [0.3, 0.4) is 0 Å². The predicted octanol–water partition coefficient (Wildman–Crippen LogP) is 4.42. The number of nitrogens with two attached hydrogens (primary N) is 1. The molecular weight excluding hydrogens is 442 g/mol. The topological polar surface area (TPSA) is 85.3 Å². The lowest BCUT2D eigenvalue weighted by Gasteiger charge is -2.23. The normalized spacial score (nSPS) is 12.5. The van der Waals surface area contributed by atoms with Gasteiger partial charge in [0.05, 0.1) is 11.6 Å². The van der Waals surface area contributed by atoms with Crippen molar-refractivity contribution in [3.05, 3.63) is 76.7 Å². The summed E-state index contributed by atoms with van der Waals surface area (Å²) in [6.07, 6.45) is 2.47. The molecule has 2 aromatic carbocycles. The number of rotatable bonds is 5. The molecule has 0 aliphatic rings. The van der Waals surface area contributed by atoms with E-state index in [9.17, 15) is 4.79 Å². The van der Waals surface area contributed by atoms with E-state index in [4.69, 9.17) is 5.73 Å². The second-order valence-corrected chi connectivity index (χ2v) is 8.68. The van der Waals surface area contributed by atoms with Gasteiger partial charge in [0.2, 0.25) is 5.91 Å². The minimum absolute atomic E-state index is 0. The minimum Gasteiger partial charge on any atom is -0.344 e. The van der Waals surface area contributed by atoms with Crippen LogP contribution in [0.5, 0.6) is 0 Å². The van der Waals surface area contributed by atoms with Gasteiger partial charge in [-0.1, -0.05) is 49.9 Å². The first-order valence-corrected chi connectivity index (χ1v) is 10.2. The number of fused-ring (bicyclic) bond motifs is 2. The van der Waals surface area contributed by atoms with Crippen molar-refractivity contribution in [1.82, 2.24) is 19.9 Å². The predicted molar refractivity (Wildman–Crippen MR) is 124 cm³/mol. The minimum atomic E-state index is -0.997. The lowest BCUT2D eigenvalue weighted by molar-refractivity contribution is -0.126. The van der Waals surface area contributed by atoms with Gasteiger partial charge in [0.25, 0.3) is 0 Å². The maximum absolute atomic E-state index is 12.7. The molecule has 0 radical (unpaired) electrons. The highest BCUT2D eigenvalue weighted by molar-refractivity contribution is 9.10. The van der Waals surface area contributed by atoms with Gasteiger partial charge in [0.1, 0.15) is 0 Å². The maximum atomic E-state index is 12.7. The fourth-order valence-electron chi connectivity index (χ4n) is 3.27. The average Bonchev–Trinajstić information content (AvgIpc) is 3.09. The maximum Gasteiger partial charge on any atom is 0.240 e. The van der Waals surface area contributed by atoms with Crippen LogP contribution in [0.2, 0.25) is 0 Å². The van der Waals surface area contributed by atoms with E-state index in [2.05, 4.69) is 61.8 Å². The summed E-state index contributed by atoms with van der Waals surface area (Å²) in [5, 5.41) is 14.0. The smallest absolute Gasteiger partial charge is 0.240 e. The van der Waals surface area contributed by atoms with E-state index in [1.54, 1.807) is 13.8 Å². The molecule has 0 unspecified atom stereocenters. The van der Waals surface area contributed by atoms with Crippen molar-refractivity contribution in [3.8, 4) is 0 Å². The lowest BCUT2D eigenvalue weighted by Crippen LogP contribution is -2.50. The number of nitrogens with one attached hydrogen (secondary N) is 1. The van der Waals surface area contributed by atoms with Crippen LogP contribution in [-0.4, -0.2) is 26.0 Å². The summed E-state index contributed by atoms with van der Waals surface area (Å²) in [5.74, 6) is 0.419. The standard InChI is InChI=1S/C22H22BrN5O.CH4/c1-22(2,24)21(29)25-18(20-27-26-19-10-9-17(23)13-28(19)20)12-14-7-8-15-5-3-4-6-16(15)11-14;/h3-11,13,18H,12,24H2,1-2H3,(H,25,29);1H4/t18-;/m1./s1. The van der Waals surface area contributed by atoms with Gasteiger partial charge in [0, 0.05) is 10.7 Å². The van der Waals surface area contributed by atoms with Gasteiger partial charge >= 0.3 is 0 Å². The summed E-state index contributed by atoms with van der Waals surface area (Å²) in [4.78, 5) is 12.7. The molecule has 1 atom stereocenters. The van der Waals surface area contributed by atoms with Gasteiger partial charge in [-0.25, -0.2) is 0 Å². The quantitative estimate of drug-likeness (QED) is 0.454. The van der Waals surface area contributed by atoms with Crippen LogP contribution in [0, 0.1) is 0 Å². The van der Waals surface area contributed by atoms with Crippen molar-refractivity contribution in [2.24, 2.45) is 5.73 Å². The second kappa shape index (κ2) is 8.53. The monoisotopic (exact) mass is 467 g/mol. The van der Waals surface area contributed by atoms with Crippen molar-refractivity contribution in [2.45, 2.75) is 39.3 Å². The van der Waals surface area contributed by atoms with Gasteiger partial charge < -0.3 is 11.1 Å².